The Kier molecular flexibility index (Phi) is 8.27. The van der Waals surface area contributed by atoms with Crippen LogP contribution in [0.3, 0.4) is 0 Å². The monoisotopic (exact) mass is 754 g/mol. The summed E-state index contributed by atoms with van der Waals surface area (Å²) in [7, 11) is 0. The summed E-state index contributed by atoms with van der Waals surface area (Å²) in [5, 5.41) is 32.1. The lowest BCUT2D eigenvalue weighted by Gasteiger charge is -2.13. The predicted molar refractivity (Wildman–Crippen MR) is 227 cm³/mol. The molecular formula is C47H34N2O4S2. The third kappa shape index (κ3) is 5.52. The van der Waals surface area contributed by atoms with Crippen LogP contribution in [0.25, 0.3) is 75.9 Å². The van der Waals surface area contributed by atoms with Crippen LogP contribution in [-0.4, -0.2) is 32.6 Å². The zero-order chi connectivity index (χ0) is 36.9. The van der Waals surface area contributed by atoms with E-state index in [0.717, 1.165) is 75.9 Å². The van der Waals surface area contributed by atoms with Gasteiger partial charge in [0.2, 0.25) is 0 Å². The minimum absolute atomic E-state index is 0.227. The number of rotatable bonds is 10. The van der Waals surface area contributed by atoms with Crippen LogP contribution in [0, 0.1) is 0 Å². The molecule has 10 aromatic rings. The maximum atomic E-state index is 11.7. The molecule has 0 fully saturated rings. The van der Waals surface area contributed by atoms with E-state index in [1.54, 1.807) is 0 Å². The fourth-order valence-electron chi connectivity index (χ4n) is 7.73. The molecule has 0 atom stereocenters. The van der Waals surface area contributed by atoms with Crippen molar-refractivity contribution in [3.8, 4) is 55.3 Å². The lowest BCUT2D eigenvalue weighted by atomic mass is 10.1. The minimum atomic E-state index is 0.227. The van der Waals surface area contributed by atoms with Crippen LogP contribution in [0.4, 0.5) is 0 Å². The summed E-state index contributed by atoms with van der Waals surface area (Å²) < 4.78 is 17.0. The maximum Gasteiger partial charge on any atom is 0.158 e. The number of para-hydroxylation sites is 6. The Morgan fingerprint density at radius 1 is 0.418 bits per heavy atom. The van der Waals surface area contributed by atoms with Gasteiger partial charge in [0.15, 0.2) is 11.5 Å². The van der Waals surface area contributed by atoms with E-state index in [-0.39, 0.29) is 11.5 Å². The SMILES string of the molecule is Oc1c(-n2c3ccccc3c3ccccc32)csc1-c1ccccc1OCCCOc1ccccc1-c1scc(-n2c3ccccc3c3ccccc32)c1O. The summed E-state index contributed by atoms with van der Waals surface area (Å²) >= 11 is 3.01. The molecule has 0 aliphatic rings. The average molecular weight is 755 g/mol. The molecule has 10 rings (SSSR count). The van der Waals surface area contributed by atoms with Gasteiger partial charge in [-0.1, -0.05) is 97.1 Å². The molecule has 0 aliphatic carbocycles. The number of aromatic nitrogens is 2. The van der Waals surface area contributed by atoms with Crippen LogP contribution < -0.4 is 9.47 Å². The first-order valence-electron chi connectivity index (χ1n) is 18.2. The molecule has 0 saturated heterocycles. The number of hydrogen-bond donors (Lipinski definition) is 2. The molecule has 0 radical (unpaired) electrons. The van der Waals surface area contributed by atoms with Gasteiger partial charge in [-0.15, -0.1) is 22.7 Å². The summed E-state index contributed by atoms with van der Waals surface area (Å²) in [6.07, 6.45) is 0.634. The number of hydrogen-bond acceptors (Lipinski definition) is 6. The van der Waals surface area contributed by atoms with Crippen molar-refractivity contribution in [1.82, 2.24) is 9.13 Å². The Labute approximate surface area is 324 Å². The number of ether oxygens (including phenoxy) is 2. The Bertz CT molecular complexity index is 2710. The van der Waals surface area contributed by atoms with Gasteiger partial charge in [-0.3, -0.25) is 0 Å². The number of aromatic hydroxyl groups is 2. The molecular weight excluding hydrogens is 721 g/mol. The molecule has 0 unspecified atom stereocenters. The van der Waals surface area contributed by atoms with Crippen LogP contribution in [0.5, 0.6) is 23.0 Å². The van der Waals surface area contributed by atoms with Gasteiger partial charge in [0.05, 0.1) is 56.4 Å². The normalized spacial score (nSPS) is 11.6. The minimum Gasteiger partial charge on any atom is -0.504 e. The molecule has 0 bridgehead atoms. The molecule has 6 nitrogen and oxygen atoms in total. The second-order valence-electron chi connectivity index (χ2n) is 13.4. The summed E-state index contributed by atoms with van der Waals surface area (Å²) in [6.45, 7) is 0.848. The molecule has 0 saturated carbocycles. The van der Waals surface area contributed by atoms with E-state index < -0.39 is 0 Å². The van der Waals surface area contributed by atoms with Crippen LogP contribution in [-0.2, 0) is 0 Å². The van der Waals surface area contributed by atoms with E-state index in [1.807, 2.05) is 108 Å². The largest absolute Gasteiger partial charge is 0.504 e. The molecule has 0 spiro atoms. The zero-order valence-electron chi connectivity index (χ0n) is 29.6. The number of fused-ring (bicyclic) bond motifs is 6. The highest BCUT2D eigenvalue weighted by Crippen LogP contribution is 2.48. The van der Waals surface area contributed by atoms with Crippen molar-refractivity contribution in [3.05, 3.63) is 156 Å². The highest BCUT2D eigenvalue weighted by molar-refractivity contribution is 7.14. The van der Waals surface area contributed by atoms with E-state index in [0.29, 0.717) is 31.1 Å². The average Bonchev–Trinajstić information content (AvgIpc) is 3.98. The van der Waals surface area contributed by atoms with Crippen LogP contribution in [0.2, 0.25) is 0 Å². The van der Waals surface area contributed by atoms with Crippen molar-refractivity contribution < 1.29 is 19.7 Å². The highest BCUT2D eigenvalue weighted by atomic mass is 32.1. The van der Waals surface area contributed by atoms with Gasteiger partial charge in [0, 0.05) is 49.9 Å². The second-order valence-corrected chi connectivity index (χ2v) is 15.1. The van der Waals surface area contributed by atoms with E-state index in [9.17, 15) is 10.2 Å². The molecule has 0 amide bonds. The summed E-state index contributed by atoms with van der Waals surface area (Å²) in [5.74, 6) is 1.86. The Hall–Kier alpha value is -6.48. The Balaban J connectivity index is 0.865. The Morgan fingerprint density at radius 2 is 0.745 bits per heavy atom. The molecule has 268 valence electrons. The number of thiophene rings is 2. The first-order valence-corrected chi connectivity index (χ1v) is 20.0. The van der Waals surface area contributed by atoms with Crippen LogP contribution in [0.1, 0.15) is 6.42 Å². The van der Waals surface area contributed by atoms with Crippen LogP contribution in [0.15, 0.2) is 156 Å². The van der Waals surface area contributed by atoms with Gasteiger partial charge in [0.25, 0.3) is 0 Å². The zero-order valence-corrected chi connectivity index (χ0v) is 31.2. The fourth-order valence-corrected chi connectivity index (χ4v) is 9.65. The maximum absolute atomic E-state index is 11.7. The summed E-state index contributed by atoms with van der Waals surface area (Å²) in [6, 6.07) is 48.9. The standard InChI is InChI=1S/C47H34N2O4S2/c50-44-40(48-36-20-7-1-14-30(36)31-15-2-8-21-37(31)48)28-54-46(44)34-18-5-11-24-42(34)52-26-13-27-53-43-25-12-6-19-35(43)47-45(51)41(29-55-47)49-38-22-9-3-16-32(38)33-17-4-10-23-39(33)49/h1-12,14-25,28-29,50-51H,13,26-27H2. The third-order valence-corrected chi connectivity index (χ3v) is 12.2. The first-order chi connectivity index (χ1) is 27.2. The quantitative estimate of drug-likeness (QED) is 0.136. The second kappa shape index (κ2) is 13.7. The molecule has 4 aromatic heterocycles. The highest BCUT2D eigenvalue weighted by Gasteiger charge is 2.22. The number of nitrogens with zero attached hydrogens (tertiary/aromatic N) is 2. The predicted octanol–water partition coefficient (Wildman–Crippen LogP) is 12.6. The van der Waals surface area contributed by atoms with Crippen molar-refractivity contribution in [3.63, 3.8) is 0 Å². The van der Waals surface area contributed by atoms with Crippen molar-refractivity contribution >= 4 is 66.3 Å². The van der Waals surface area contributed by atoms with Gasteiger partial charge in [-0.05, 0) is 48.5 Å². The van der Waals surface area contributed by atoms with Gasteiger partial charge < -0.3 is 28.8 Å². The first kappa shape index (κ1) is 33.1. The van der Waals surface area contributed by atoms with Gasteiger partial charge in [-0.2, -0.15) is 0 Å². The summed E-state index contributed by atoms with van der Waals surface area (Å²) in [5.41, 5.74) is 7.38. The van der Waals surface area contributed by atoms with E-state index in [2.05, 4.69) is 57.7 Å². The molecule has 8 heteroatoms. The molecule has 6 aromatic carbocycles. The van der Waals surface area contributed by atoms with Crippen molar-refractivity contribution in [1.29, 1.82) is 0 Å². The lowest BCUT2D eigenvalue weighted by Crippen LogP contribution is -2.06. The lowest BCUT2D eigenvalue weighted by molar-refractivity contribution is 0.248. The summed E-state index contributed by atoms with van der Waals surface area (Å²) in [4.78, 5) is 1.52. The fraction of sp³-hybridized carbons (Fsp3) is 0.0638. The van der Waals surface area contributed by atoms with Gasteiger partial charge >= 0.3 is 0 Å². The van der Waals surface area contributed by atoms with E-state index in [4.69, 9.17) is 9.47 Å². The van der Waals surface area contributed by atoms with E-state index in [1.165, 1.54) is 22.7 Å². The topological polar surface area (TPSA) is 68.8 Å². The molecule has 4 heterocycles. The number of benzene rings is 6. The van der Waals surface area contributed by atoms with Crippen molar-refractivity contribution in [2.75, 3.05) is 13.2 Å². The third-order valence-electron chi connectivity index (χ3n) is 10.2. The van der Waals surface area contributed by atoms with Crippen LogP contribution >= 0.6 is 22.7 Å². The molecule has 0 aliphatic heterocycles. The van der Waals surface area contributed by atoms with Gasteiger partial charge in [-0.25, -0.2) is 0 Å². The smallest absolute Gasteiger partial charge is 0.158 e. The molecule has 55 heavy (non-hydrogen) atoms. The van der Waals surface area contributed by atoms with Gasteiger partial charge in [0.1, 0.15) is 11.5 Å². The van der Waals surface area contributed by atoms with E-state index >= 15 is 0 Å². The molecule has 2 N–H and O–H groups in total. The van der Waals surface area contributed by atoms with Crippen molar-refractivity contribution in [2.45, 2.75) is 6.42 Å². The van der Waals surface area contributed by atoms with Crippen molar-refractivity contribution in [2.24, 2.45) is 0 Å². The Morgan fingerprint density at radius 3 is 1.13 bits per heavy atom.